The van der Waals surface area contributed by atoms with Gasteiger partial charge in [0.2, 0.25) is 15.9 Å². The van der Waals surface area contributed by atoms with E-state index in [1.54, 1.807) is 48.5 Å². The summed E-state index contributed by atoms with van der Waals surface area (Å²) in [4.78, 5) is 26.1. The quantitative estimate of drug-likeness (QED) is 0.573. The van der Waals surface area contributed by atoms with Gasteiger partial charge in [0.25, 0.3) is 0 Å². The first kappa shape index (κ1) is 22.0. The number of nitrogens with one attached hydrogen (secondary N) is 1. The summed E-state index contributed by atoms with van der Waals surface area (Å²) in [6.07, 6.45) is 0.476. The Bertz CT molecular complexity index is 1240. The molecule has 1 unspecified atom stereocenters. The summed E-state index contributed by atoms with van der Waals surface area (Å²) in [6.45, 7) is 0.169. The zero-order chi connectivity index (χ0) is 22.7. The number of para-hydroxylation sites is 1. The van der Waals surface area contributed by atoms with Gasteiger partial charge in [0.1, 0.15) is 11.7 Å². The zero-order valence-electron chi connectivity index (χ0n) is 17.1. The second-order valence-electron chi connectivity index (χ2n) is 7.52. The van der Waals surface area contributed by atoms with Crippen LogP contribution in [0.3, 0.4) is 0 Å². The standard InChI is InChI=1S/C24H21ClN2O4S/c25-18-10-12-19(13-11-18)26-24(29)23-20-8-4-5-9-21(20)27(32(30,31)16-22(23)28)15-14-17-6-2-1-3-7-17/h1-13,23H,14-16H2,(H,26,29). The molecule has 32 heavy (non-hydrogen) atoms. The van der Waals surface area contributed by atoms with Crippen LogP contribution in [0.2, 0.25) is 5.02 Å². The van der Waals surface area contributed by atoms with Crippen LogP contribution in [0.15, 0.2) is 78.9 Å². The summed E-state index contributed by atoms with van der Waals surface area (Å²) < 4.78 is 27.5. The maximum atomic E-state index is 13.1. The van der Waals surface area contributed by atoms with Gasteiger partial charge in [0.05, 0.1) is 5.69 Å². The number of nitrogens with zero attached hydrogens (tertiary/aromatic N) is 1. The molecule has 164 valence electrons. The number of anilines is 2. The number of hydrogen-bond donors (Lipinski definition) is 1. The Morgan fingerprint density at radius 1 is 0.969 bits per heavy atom. The minimum absolute atomic E-state index is 0.169. The van der Waals surface area contributed by atoms with Gasteiger partial charge in [0.15, 0.2) is 5.78 Å². The molecule has 1 aliphatic rings. The normalized spacial score (nSPS) is 17.3. The van der Waals surface area contributed by atoms with E-state index in [1.165, 1.54) is 4.31 Å². The maximum Gasteiger partial charge on any atom is 0.242 e. The molecule has 1 heterocycles. The Hall–Kier alpha value is -3.16. The Kier molecular flexibility index (Phi) is 6.30. The minimum atomic E-state index is -3.95. The second-order valence-corrected chi connectivity index (χ2v) is 9.85. The molecule has 1 amide bonds. The number of carbonyl (C=O) groups excluding carboxylic acids is 2. The van der Waals surface area contributed by atoms with Gasteiger partial charge >= 0.3 is 0 Å². The highest BCUT2D eigenvalue weighted by molar-refractivity contribution is 7.93. The minimum Gasteiger partial charge on any atom is -0.325 e. The molecule has 0 radical (unpaired) electrons. The summed E-state index contributed by atoms with van der Waals surface area (Å²) in [6, 6.07) is 22.7. The van der Waals surface area contributed by atoms with Crippen molar-refractivity contribution in [2.24, 2.45) is 0 Å². The third-order valence-corrected chi connectivity index (χ3v) is 7.27. The number of halogens is 1. The van der Waals surface area contributed by atoms with Crippen molar-refractivity contribution in [3.63, 3.8) is 0 Å². The summed E-state index contributed by atoms with van der Waals surface area (Å²) in [5.41, 5.74) is 2.18. The molecule has 0 aliphatic carbocycles. The number of sulfonamides is 1. The highest BCUT2D eigenvalue weighted by Gasteiger charge is 2.40. The lowest BCUT2D eigenvalue weighted by atomic mass is 9.92. The van der Waals surface area contributed by atoms with Crippen LogP contribution in [-0.4, -0.2) is 32.4 Å². The summed E-state index contributed by atoms with van der Waals surface area (Å²) >= 11 is 5.89. The molecule has 1 atom stereocenters. The number of rotatable bonds is 5. The van der Waals surface area contributed by atoms with Crippen molar-refractivity contribution in [3.8, 4) is 0 Å². The number of fused-ring (bicyclic) bond motifs is 1. The first-order chi connectivity index (χ1) is 15.3. The molecular formula is C24H21ClN2O4S. The van der Waals surface area contributed by atoms with Crippen LogP contribution in [0.4, 0.5) is 11.4 Å². The molecule has 0 spiro atoms. The fourth-order valence-corrected chi connectivity index (χ4v) is 5.44. The van der Waals surface area contributed by atoms with Gasteiger partial charge < -0.3 is 5.32 Å². The van der Waals surface area contributed by atoms with E-state index in [4.69, 9.17) is 11.6 Å². The van der Waals surface area contributed by atoms with Crippen molar-refractivity contribution in [1.82, 2.24) is 0 Å². The summed E-state index contributed by atoms with van der Waals surface area (Å²) in [5.74, 6) is -3.22. The molecule has 0 saturated carbocycles. The van der Waals surface area contributed by atoms with Crippen LogP contribution in [0, 0.1) is 0 Å². The van der Waals surface area contributed by atoms with Gasteiger partial charge in [-0.05, 0) is 47.9 Å². The molecule has 3 aromatic rings. The number of amides is 1. The maximum absolute atomic E-state index is 13.1. The van der Waals surface area contributed by atoms with E-state index in [2.05, 4.69) is 5.32 Å². The molecule has 6 nitrogen and oxygen atoms in total. The van der Waals surface area contributed by atoms with E-state index < -0.39 is 33.4 Å². The molecular weight excluding hydrogens is 448 g/mol. The fourth-order valence-electron chi connectivity index (χ4n) is 3.79. The first-order valence-electron chi connectivity index (χ1n) is 10.1. The molecule has 1 N–H and O–H groups in total. The van der Waals surface area contributed by atoms with E-state index in [-0.39, 0.29) is 6.54 Å². The van der Waals surface area contributed by atoms with Crippen molar-refractivity contribution >= 4 is 44.7 Å². The lowest BCUT2D eigenvalue weighted by Crippen LogP contribution is -2.36. The lowest BCUT2D eigenvalue weighted by molar-refractivity contribution is -0.126. The highest BCUT2D eigenvalue weighted by atomic mass is 35.5. The number of carbonyl (C=O) groups is 2. The molecule has 0 saturated heterocycles. The third-order valence-electron chi connectivity index (χ3n) is 5.32. The Balaban J connectivity index is 1.68. The van der Waals surface area contributed by atoms with Crippen LogP contribution in [0.25, 0.3) is 0 Å². The van der Waals surface area contributed by atoms with Crippen LogP contribution in [-0.2, 0) is 26.0 Å². The van der Waals surface area contributed by atoms with E-state index in [1.807, 2.05) is 30.3 Å². The SMILES string of the molecule is O=C1CS(=O)(=O)N(CCc2ccccc2)c2ccccc2C1C(=O)Nc1ccc(Cl)cc1. The molecule has 3 aromatic carbocycles. The molecule has 4 rings (SSSR count). The number of hydrogen-bond acceptors (Lipinski definition) is 4. The third kappa shape index (κ3) is 4.69. The first-order valence-corrected chi connectivity index (χ1v) is 12.1. The van der Waals surface area contributed by atoms with Crippen molar-refractivity contribution in [3.05, 3.63) is 95.0 Å². The molecule has 8 heteroatoms. The van der Waals surface area contributed by atoms with Gasteiger partial charge in [-0.1, -0.05) is 60.1 Å². The zero-order valence-corrected chi connectivity index (χ0v) is 18.6. The van der Waals surface area contributed by atoms with Gasteiger partial charge in [-0.25, -0.2) is 8.42 Å². The number of benzene rings is 3. The van der Waals surface area contributed by atoms with Crippen LogP contribution < -0.4 is 9.62 Å². The fraction of sp³-hybridized carbons (Fsp3) is 0.167. The topological polar surface area (TPSA) is 83.6 Å². The molecule has 0 bridgehead atoms. The number of ketones is 1. The van der Waals surface area contributed by atoms with Gasteiger partial charge in [-0.15, -0.1) is 0 Å². The van der Waals surface area contributed by atoms with E-state index in [0.29, 0.717) is 28.4 Å². The van der Waals surface area contributed by atoms with Crippen molar-refractivity contribution in [2.45, 2.75) is 12.3 Å². The van der Waals surface area contributed by atoms with Gasteiger partial charge in [-0.2, -0.15) is 0 Å². The monoisotopic (exact) mass is 468 g/mol. The highest BCUT2D eigenvalue weighted by Crippen LogP contribution is 2.35. The smallest absolute Gasteiger partial charge is 0.242 e. The van der Waals surface area contributed by atoms with Crippen molar-refractivity contribution in [2.75, 3.05) is 21.9 Å². The molecule has 0 aromatic heterocycles. The largest absolute Gasteiger partial charge is 0.325 e. The Labute approximate surface area is 191 Å². The van der Waals surface area contributed by atoms with Crippen LogP contribution in [0.5, 0.6) is 0 Å². The van der Waals surface area contributed by atoms with Crippen LogP contribution >= 0.6 is 11.6 Å². The predicted molar refractivity (Wildman–Crippen MR) is 126 cm³/mol. The predicted octanol–water partition coefficient (Wildman–Crippen LogP) is 4.02. The average Bonchev–Trinajstić information content (AvgIpc) is 2.85. The van der Waals surface area contributed by atoms with Crippen molar-refractivity contribution in [1.29, 1.82) is 0 Å². The van der Waals surface area contributed by atoms with E-state index >= 15 is 0 Å². The van der Waals surface area contributed by atoms with Gasteiger partial charge in [0, 0.05) is 17.3 Å². The van der Waals surface area contributed by atoms with E-state index in [9.17, 15) is 18.0 Å². The summed E-state index contributed by atoms with van der Waals surface area (Å²) in [5, 5.41) is 3.22. The Morgan fingerprint density at radius 2 is 1.62 bits per heavy atom. The van der Waals surface area contributed by atoms with E-state index in [0.717, 1.165) is 5.56 Å². The number of Topliss-reactive ketones (excluding diaryl/α,β-unsaturated/α-hetero) is 1. The second kappa shape index (κ2) is 9.14. The van der Waals surface area contributed by atoms with Crippen LogP contribution in [0.1, 0.15) is 17.0 Å². The lowest BCUT2D eigenvalue weighted by Gasteiger charge is -2.24. The average molecular weight is 469 g/mol. The molecule has 1 aliphatic heterocycles. The summed E-state index contributed by atoms with van der Waals surface area (Å²) in [7, 11) is -3.95. The molecule has 0 fully saturated rings. The Morgan fingerprint density at radius 3 is 2.34 bits per heavy atom. The van der Waals surface area contributed by atoms with Gasteiger partial charge in [-0.3, -0.25) is 13.9 Å². The van der Waals surface area contributed by atoms with Crippen molar-refractivity contribution < 1.29 is 18.0 Å².